The number of ketones is 1. The molecule has 3 aromatic heterocycles. The summed E-state index contributed by atoms with van der Waals surface area (Å²) in [6.45, 7) is 0.654. The molecule has 4 aromatic rings. The summed E-state index contributed by atoms with van der Waals surface area (Å²) in [4.78, 5) is 36.9. The minimum absolute atomic E-state index is 0. The lowest BCUT2D eigenvalue weighted by Gasteiger charge is -2.42. The molecule has 4 heterocycles. The third-order valence-electron chi connectivity index (χ3n) is 6.27. The van der Waals surface area contributed by atoms with Crippen molar-refractivity contribution < 1.29 is 4.79 Å². The van der Waals surface area contributed by atoms with Crippen molar-refractivity contribution in [1.82, 2.24) is 24.1 Å². The van der Waals surface area contributed by atoms with E-state index < -0.39 is 0 Å². The van der Waals surface area contributed by atoms with Crippen LogP contribution in [0.15, 0.2) is 53.6 Å². The summed E-state index contributed by atoms with van der Waals surface area (Å²) in [6.07, 6.45) is 5.69. The summed E-state index contributed by atoms with van der Waals surface area (Å²) in [5.74, 6) is 1.20. The van der Waals surface area contributed by atoms with Crippen molar-refractivity contribution in [1.29, 1.82) is 0 Å². The molecule has 2 N–H and O–H groups in total. The molecule has 2 aliphatic rings. The Hall–Kier alpha value is -3.37. The number of fused-ring (bicyclic) bond motifs is 1. The molecule has 0 bridgehead atoms. The normalized spacial score (nSPS) is 17.3. The number of hydrogen-bond donors (Lipinski definition) is 1. The van der Waals surface area contributed by atoms with E-state index in [1.165, 1.54) is 10.7 Å². The van der Waals surface area contributed by atoms with Gasteiger partial charge in [0.2, 0.25) is 5.95 Å². The van der Waals surface area contributed by atoms with Gasteiger partial charge >= 0.3 is 0 Å². The van der Waals surface area contributed by atoms with Gasteiger partial charge in [0.25, 0.3) is 5.56 Å². The average Bonchev–Trinajstić information content (AvgIpc) is 3.56. The Morgan fingerprint density at radius 3 is 2.56 bits per heavy atom. The van der Waals surface area contributed by atoms with Crippen molar-refractivity contribution in [2.24, 2.45) is 5.92 Å². The zero-order chi connectivity index (χ0) is 22.7. The molecule has 0 spiro atoms. The van der Waals surface area contributed by atoms with Gasteiger partial charge in [0.1, 0.15) is 11.3 Å². The summed E-state index contributed by atoms with van der Waals surface area (Å²) in [6, 6.07) is 10.7. The minimum atomic E-state index is -0.275. The highest BCUT2D eigenvalue weighted by atomic mass is 35.5. The Morgan fingerprint density at radius 2 is 1.88 bits per heavy atom. The molecule has 1 aliphatic heterocycles. The maximum Gasteiger partial charge on any atom is 0.284 e. The molecule has 34 heavy (non-hydrogen) atoms. The maximum absolute atomic E-state index is 13.5. The van der Waals surface area contributed by atoms with Crippen LogP contribution in [0.2, 0.25) is 5.02 Å². The van der Waals surface area contributed by atoms with Crippen LogP contribution in [0.3, 0.4) is 0 Å². The first-order chi connectivity index (χ1) is 16.0. The standard InChI is InChI=1S/C23H20ClN7O2.H2S/c24-16-8-11-30-18(16)22(33)31(14-4-2-1-3-5-14)21(28-30)17-9-10-29(17)20-15(12-26-23(25)27-20)19(32)13-6-7-13;/h1-5,8,11-13,17H,6-7,9-10H2,(H2,25,26,27);1H2/t17-;/m0./s1. The SMILES string of the molecule is Nc1ncc(C(=O)C2CC2)c(N2CC[C@H]2c2nn3ccc(Cl)c3c(=O)n2-c2ccccc2)n1.S. The lowest BCUT2D eigenvalue weighted by atomic mass is 9.99. The molecule has 1 saturated heterocycles. The number of para-hydroxylation sites is 1. The highest BCUT2D eigenvalue weighted by Crippen LogP contribution is 2.41. The fourth-order valence-corrected chi connectivity index (χ4v) is 4.57. The molecule has 0 radical (unpaired) electrons. The topological polar surface area (TPSA) is 111 Å². The summed E-state index contributed by atoms with van der Waals surface area (Å²) < 4.78 is 3.10. The van der Waals surface area contributed by atoms with Crippen LogP contribution in [0.5, 0.6) is 0 Å². The van der Waals surface area contributed by atoms with Gasteiger partial charge in [-0.3, -0.25) is 14.2 Å². The van der Waals surface area contributed by atoms with Crippen molar-refractivity contribution in [3.05, 3.63) is 75.6 Å². The third kappa shape index (κ3) is 3.54. The Kier molecular flexibility index (Phi) is 5.57. The maximum atomic E-state index is 13.5. The van der Waals surface area contributed by atoms with Crippen LogP contribution < -0.4 is 16.2 Å². The number of anilines is 2. The second-order valence-electron chi connectivity index (χ2n) is 8.39. The smallest absolute Gasteiger partial charge is 0.284 e. The molecule has 1 saturated carbocycles. The summed E-state index contributed by atoms with van der Waals surface area (Å²) in [5, 5.41) is 5.11. The minimum Gasteiger partial charge on any atom is -0.368 e. The van der Waals surface area contributed by atoms with Crippen LogP contribution in [0, 0.1) is 5.92 Å². The first-order valence-electron chi connectivity index (χ1n) is 10.8. The van der Waals surface area contributed by atoms with Gasteiger partial charge in [-0.25, -0.2) is 9.50 Å². The fraction of sp³-hybridized carbons (Fsp3) is 0.261. The van der Waals surface area contributed by atoms with Crippen LogP contribution in [0.4, 0.5) is 11.8 Å². The van der Waals surface area contributed by atoms with E-state index in [2.05, 4.69) is 9.97 Å². The van der Waals surface area contributed by atoms with Gasteiger partial charge < -0.3 is 10.6 Å². The van der Waals surface area contributed by atoms with Gasteiger partial charge in [0.05, 0.1) is 22.3 Å². The van der Waals surface area contributed by atoms with Crippen molar-refractivity contribution in [3.63, 3.8) is 0 Å². The Morgan fingerprint density at radius 1 is 1.12 bits per heavy atom. The Labute approximate surface area is 206 Å². The summed E-state index contributed by atoms with van der Waals surface area (Å²) >= 11 is 6.30. The fourth-order valence-electron chi connectivity index (χ4n) is 4.34. The van der Waals surface area contributed by atoms with Crippen LogP contribution in [-0.2, 0) is 0 Å². The molecule has 174 valence electrons. The number of rotatable bonds is 5. The molecule has 11 heteroatoms. The second-order valence-corrected chi connectivity index (χ2v) is 8.80. The third-order valence-corrected chi connectivity index (χ3v) is 6.57. The number of aromatic nitrogens is 5. The Bertz CT molecular complexity index is 1470. The largest absolute Gasteiger partial charge is 0.368 e. The van der Waals surface area contributed by atoms with Gasteiger partial charge in [-0.05, 0) is 37.5 Å². The van der Waals surface area contributed by atoms with Crippen LogP contribution >= 0.6 is 25.1 Å². The molecule has 9 nitrogen and oxygen atoms in total. The monoisotopic (exact) mass is 495 g/mol. The first-order valence-corrected chi connectivity index (χ1v) is 11.2. The number of nitrogens with zero attached hydrogens (tertiary/aromatic N) is 6. The number of nitrogens with two attached hydrogens (primary N) is 1. The molecule has 6 rings (SSSR count). The van der Waals surface area contributed by atoms with Gasteiger partial charge in [-0.2, -0.15) is 23.6 Å². The van der Waals surface area contributed by atoms with Crippen molar-refractivity contribution >= 4 is 48.2 Å². The number of carbonyl (C=O) groups excluding carboxylic acids is 1. The van der Waals surface area contributed by atoms with E-state index in [0.717, 1.165) is 19.3 Å². The molecule has 2 fully saturated rings. The zero-order valence-electron chi connectivity index (χ0n) is 18.1. The Balaban J connectivity index is 0.00000241. The van der Waals surface area contributed by atoms with Crippen molar-refractivity contribution in [2.45, 2.75) is 25.3 Å². The highest BCUT2D eigenvalue weighted by Gasteiger charge is 2.40. The average molecular weight is 496 g/mol. The second kappa shape index (κ2) is 8.44. The van der Waals surface area contributed by atoms with E-state index in [9.17, 15) is 9.59 Å². The lowest BCUT2D eigenvalue weighted by molar-refractivity contribution is 0.0967. The molecule has 1 aromatic carbocycles. The van der Waals surface area contributed by atoms with E-state index in [1.807, 2.05) is 35.2 Å². The van der Waals surface area contributed by atoms with Gasteiger partial charge in [0.15, 0.2) is 11.6 Å². The van der Waals surface area contributed by atoms with E-state index in [-0.39, 0.29) is 42.7 Å². The van der Waals surface area contributed by atoms with E-state index in [4.69, 9.17) is 22.4 Å². The van der Waals surface area contributed by atoms with Crippen LogP contribution in [0.25, 0.3) is 11.2 Å². The molecule has 0 unspecified atom stereocenters. The van der Waals surface area contributed by atoms with Crippen LogP contribution in [-0.4, -0.2) is 36.5 Å². The van der Waals surface area contributed by atoms with Crippen LogP contribution in [0.1, 0.15) is 41.5 Å². The molecule has 1 atom stereocenters. The molecule has 1 aliphatic carbocycles. The number of carbonyl (C=O) groups is 1. The zero-order valence-corrected chi connectivity index (χ0v) is 19.8. The van der Waals surface area contributed by atoms with Crippen molar-refractivity contribution in [3.8, 4) is 5.69 Å². The number of Topliss-reactive ketones (excluding diaryl/α,β-unsaturated/α-hetero) is 1. The van der Waals surface area contributed by atoms with E-state index in [0.29, 0.717) is 40.0 Å². The lowest BCUT2D eigenvalue weighted by Crippen LogP contribution is -2.46. The molecular formula is C23H22ClN7O2S. The van der Waals surface area contributed by atoms with Gasteiger partial charge in [0, 0.05) is 24.9 Å². The van der Waals surface area contributed by atoms with Gasteiger partial charge in [-0.15, -0.1) is 0 Å². The predicted molar refractivity (Wildman–Crippen MR) is 134 cm³/mol. The number of halogens is 1. The van der Waals surface area contributed by atoms with E-state index in [1.54, 1.807) is 16.8 Å². The first kappa shape index (κ1) is 22.4. The summed E-state index contributed by atoms with van der Waals surface area (Å²) in [7, 11) is 0. The quantitative estimate of drug-likeness (QED) is 0.423. The number of hydrogen-bond acceptors (Lipinski definition) is 7. The van der Waals surface area contributed by atoms with Crippen molar-refractivity contribution in [2.75, 3.05) is 17.2 Å². The summed E-state index contributed by atoms with van der Waals surface area (Å²) in [5.41, 5.74) is 7.10. The van der Waals surface area contributed by atoms with Gasteiger partial charge in [-0.1, -0.05) is 29.8 Å². The highest BCUT2D eigenvalue weighted by molar-refractivity contribution is 7.59. The van der Waals surface area contributed by atoms with E-state index >= 15 is 0 Å². The molecular weight excluding hydrogens is 474 g/mol. The predicted octanol–water partition coefficient (Wildman–Crippen LogP) is 3.17. The number of nitrogen functional groups attached to an aromatic ring is 1. The molecule has 0 amide bonds. The number of benzene rings is 1.